The number of piperidine rings is 1. The van der Waals surface area contributed by atoms with Crippen molar-refractivity contribution in [2.24, 2.45) is 5.92 Å². The highest BCUT2D eigenvalue weighted by Crippen LogP contribution is 2.45. The van der Waals surface area contributed by atoms with E-state index in [1.165, 1.54) is 18.9 Å². The summed E-state index contributed by atoms with van der Waals surface area (Å²) in [7, 11) is 0. The Bertz CT molecular complexity index is 1180. The van der Waals surface area contributed by atoms with E-state index in [0.717, 1.165) is 0 Å². The molecular weight excluding hydrogens is 397 g/mol. The first-order valence-electron chi connectivity index (χ1n) is 9.99. The van der Waals surface area contributed by atoms with E-state index in [4.69, 9.17) is 0 Å². The number of halogens is 1. The monoisotopic (exact) mass is 419 g/mol. The van der Waals surface area contributed by atoms with Crippen LogP contribution in [0.1, 0.15) is 26.1 Å². The summed E-state index contributed by atoms with van der Waals surface area (Å²) in [5.41, 5.74) is 1.13. The van der Waals surface area contributed by atoms with Crippen LogP contribution in [0.5, 0.6) is 5.75 Å². The van der Waals surface area contributed by atoms with E-state index in [-0.39, 0.29) is 11.3 Å². The van der Waals surface area contributed by atoms with Gasteiger partial charge < -0.3 is 5.11 Å². The number of benzene rings is 1. The number of hydrogen-bond acceptors (Lipinski definition) is 7. The summed E-state index contributed by atoms with van der Waals surface area (Å²) in [4.78, 5) is 4.38. The van der Waals surface area contributed by atoms with Crippen LogP contribution in [-0.2, 0) is 0 Å². The Morgan fingerprint density at radius 1 is 1.23 bits per heavy atom. The maximum absolute atomic E-state index is 15.3. The molecule has 1 fully saturated rings. The van der Waals surface area contributed by atoms with Gasteiger partial charge in [-0.25, -0.2) is 9.37 Å². The largest absolute Gasteiger partial charge is 0.507 e. The maximum atomic E-state index is 15.3. The number of aromatic hydroxyl groups is 1. The van der Waals surface area contributed by atoms with Crippen LogP contribution in [0.4, 0.5) is 4.39 Å². The molecule has 2 N–H and O–H groups in total. The van der Waals surface area contributed by atoms with E-state index in [1.54, 1.807) is 22.8 Å². The Balaban J connectivity index is 1.39. The van der Waals surface area contributed by atoms with Gasteiger partial charge in [-0.15, -0.1) is 20.4 Å². The van der Waals surface area contributed by atoms with Crippen LogP contribution in [0.3, 0.4) is 0 Å². The molecule has 1 aromatic carbocycles. The minimum atomic E-state index is -1.15. The molecule has 0 spiro atoms. The fourth-order valence-corrected chi connectivity index (χ4v) is 4.56. The van der Waals surface area contributed by atoms with Crippen molar-refractivity contribution in [3.05, 3.63) is 61.6 Å². The van der Waals surface area contributed by atoms with Crippen LogP contribution in [0.15, 0.2) is 55.8 Å². The second-order valence-electron chi connectivity index (χ2n) is 8.63. The van der Waals surface area contributed by atoms with E-state index in [9.17, 15) is 5.11 Å². The lowest BCUT2D eigenvalue weighted by molar-refractivity contribution is 0.0911. The lowest BCUT2D eigenvalue weighted by atomic mass is 9.74. The smallest absolute Gasteiger partial charge is 0.177 e. The number of nitrogens with one attached hydrogen (secondary N) is 1. The molecule has 4 heterocycles. The molecule has 31 heavy (non-hydrogen) atoms. The molecule has 5 rings (SSSR count). The van der Waals surface area contributed by atoms with Gasteiger partial charge in [0, 0.05) is 23.1 Å². The van der Waals surface area contributed by atoms with E-state index < -0.39 is 17.6 Å². The number of phenols is 1. The Morgan fingerprint density at radius 3 is 2.68 bits per heavy atom. The summed E-state index contributed by atoms with van der Waals surface area (Å²) in [6.07, 6.45) is 7.95. The van der Waals surface area contributed by atoms with Gasteiger partial charge in [0.05, 0.1) is 17.4 Å². The molecule has 3 aromatic rings. The molecular formula is C22H22FN7O. The van der Waals surface area contributed by atoms with Gasteiger partial charge >= 0.3 is 0 Å². The molecule has 2 aromatic heterocycles. The average Bonchev–Trinajstić information content (AvgIpc) is 3.38. The van der Waals surface area contributed by atoms with Gasteiger partial charge in [-0.3, -0.25) is 9.88 Å². The fraction of sp³-hybridized carbons (Fsp3) is 0.318. The lowest BCUT2D eigenvalue weighted by Gasteiger charge is -2.45. The quantitative estimate of drug-likeness (QED) is 0.627. The van der Waals surface area contributed by atoms with Crippen molar-refractivity contribution in [3.63, 3.8) is 0 Å². The number of allylic oxidation sites excluding steroid dienone is 1. The van der Waals surface area contributed by atoms with E-state index in [1.807, 2.05) is 19.1 Å². The third-order valence-electron chi connectivity index (χ3n) is 6.19. The van der Waals surface area contributed by atoms with Crippen LogP contribution in [0.25, 0.3) is 22.5 Å². The van der Waals surface area contributed by atoms with Crippen molar-refractivity contribution >= 4 is 5.57 Å². The Kier molecular flexibility index (Phi) is 4.26. The van der Waals surface area contributed by atoms with Crippen LogP contribution >= 0.6 is 0 Å². The number of phenolic OH excluding ortho intramolecular Hbond substituents is 1. The van der Waals surface area contributed by atoms with E-state index in [0.29, 0.717) is 34.8 Å². The van der Waals surface area contributed by atoms with E-state index in [2.05, 4.69) is 44.2 Å². The molecule has 0 amide bonds. The SMILES string of the molecule is C=C(c1ncc(-c2ccc(-n3cnnc3)cc2O)nn1)[C@H]1C[C@]2(C)C=C[C@@](C)(N2)[C@H]1F. The summed E-state index contributed by atoms with van der Waals surface area (Å²) in [6, 6.07) is 5.11. The first-order valence-corrected chi connectivity index (χ1v) is 9.99. The number of fused-ring (bicyclic) bond motifs is 2. The highest BCUT2D eigenvalue weighted by molar-refractivity contribution is 5.69. The molecule has 158 valence electrons. The highest BCUT2D eigenvalue weighted by Gasteiger charge is 2.53. The molecule has 0 saturated carbocycles. The molecule has 2 aliphatic rings. The third-order valence-corrected chi connectivity index (χ3v) is 6.19. The predicted molar refractivity (Wildman–Crippen MR) is 113 cm³/mol. The zero-order valence-corrected chi connectivity index (χ0v) is 17.2. The van der Waals surface area contributed by atoms with Gasteiger partial charge in [0.1, 0.15) is 30.3 Å². The van der Waals surface area contributed by atoms with Gasteiger partial charge in [-0.1, -0.05) is 18.7 Å². The zero-order chi connectivity index (χ0) is 21.8. The lowest BCUT2D eigenvalue weighted by Crippen LogP contribution is -2.61. The number of alkyl halides is 1. The molecule has 0 aliphatic carbocycles. The molecule has 0 unspecified atom stereocenters. The van der Waals surface area contributed by atoms with Crippen LogP contribution < -0.4 is 5.32 Å². The van der Waals surface area contributed by atoms with Gasteiger partial charge in [-0.2, -0.15) is 0 Å². The predicted octanol–water partition coefficient (Wildman–Crippen LogP) is 2.87. The minimum Gasteiger partial charge on any atom is -0.507 e. The van der Waals surface area contributed by atoms with Crippen molar-refractivity contribution in [3.8, 4) is 22.7 Å². The van der Waals surface area contributed by atoms with Crippen molar-refractivity contribution in [2.45, 2.75) is 37.5 Å². The fourth-order valence-electron chi connectivity index (χ4n) is 4.56. The average molecular weight is 419 g/mol. The van der Waals surface area contributed by atoms with Crippen LogP contribution in [0, 0.1) is 5.92 Å². The molecule has 2 bridgehead atoms. The molecule has 9 heteroatoms. The summed E-state index contributed by atoms with van der Waals surface area (Å²) < 4.78 is 17.0. The molecule has 1 saturated heterocycles. The van der Waals surface area contributed by atoms with E-state index >= 15 is 4.39 Å². The standard InChI is InChI=1S/C22H22FN7O/c1-13(16-9-21(2)6-7-22(3,29-21)19(16)23)20-24-10-17(27-28-20)15-5-4-14(8-18(15)31)30-11-25-26-12-30/h4-8,10-12,16,19,29,31H,1,9H2,2-3H3/t16-,19+,21+,22-/m1/s1. The minimum absolute atomic E-state index is 0.0274. The molecule has 0 radical (unpaired) electrons. The molecule has 2 aliphatic heterocycles. The Morgan fingerprint density at radius 2 is 2.00 bits per heavy atom. The second-order valence-corrected chi connectivity index (χ2v) is 8.63. The first-order chi connectivity index (χ1) is 14.8. The molecule has 8 nitrogen and oxygen atoms in total. The van der Waals surface area contributed by atoms with Gasteiger partial charge in [-0.05, 0) is 38.0 Å². The topological polar surface area (TPSA) is 102 Å². The summed E-state index contributed by atoms with van der Waals surface area (Å²) in [5.74, 6) is -0.0829. The number of hydrogen-bond donors (Lipinski definition) is 2. The molecule has 4 atom stereocenters. The van der Waals surface area contributed by atoms with Gasteiger partial charge in [0.25, 0.3) is 0 Å². The van der Waals surface area contributed by atoms with Crippen molar-refractivity contribution in [2.75, 3.05) is 0 Å². The third kappa shape index (κ3) is 3.21. The number of nitrogens with zero attached hydrogens (tertiary/aromatic N) is 6. The highest BCUT2D eigenvalue weighted by atomic mass is 19.1. The Labute approximate surface area is 178 Å². The van der Waals surface area contributed by atoms with Crippen molar-refractivity contribution in [1.29, 1.82) is 0 Å². The maximum Gasteiger partial charge on any atom is 0.177 e. The normalized spacial score (nSPS) is 29.3. The first kappa shape index (κ1) is 19.5. The zero-order valence-electron chi connectivity index (χ0n) is 17.2. The van der Waals surface area contributed by atoms with Crippen molar-refractivity contribution in [1.82, 2.24) is 35.3 Å². The van der Waals surface area contributed by atoms with Gasteiger partial charge in [0.15, 0.2) is 5.82 Å². The summed E-state index contributed by atoms with van der Waals surface area (Å²) in [5, 5.41) is 29.7. The Hall–Kier alpha value is -3.46. The van der Waals surface area contributed by atoms with Gasteiger partial charge in [0.2, 0.25) is 0 Å². The number of aromatic nitrogens is 6. The van der Waals surface area contributed by atoms with Crippen LogP contribution in [-0.4, -0.2) is 52.3 Å². The van der Waals surface area contributed by atoms with Crippen LogP contribution in [0.2, 0.25) is 0 Å². The summed E-state index contributed by atoms with van der Waals surface area (Å²) >= 11 is 0. The second kappa shape index (κ2) is 6.78. The van der Waals surface area contributed by atoms with Crippen molar-refractivity contribution < 1.29 is 9.50 Å². The number of rotatable bonds is 4. The summed E-state index contributed by atoms with van der Waals surface area (Å²) in [6.45, 7) is 8.00.